The first-order chi connectivity index (χ1) is 4.31. The quantitative estimate of drug-likeness (QED) is 0.550. The van der Waals surface area contributed by atoms with Gasteiger partial charge in [-0.1, -0.05) is 20.4 Å². The second-order valence-corrected chi connectivity index (χ2v) is 1.78. The van der Waals surface area contributed by atoms with Crippen molar-refractivity contribution in [2.24, 2.45) is 10.2 Å². The van der Waals surface area contributed by atoms with Crippen molar-refractivity contribution in [2.75, 3.05) is 13.3 Å². The van der Waals surface area contributed by atoms with E-state index in [1.807, 2.05) is 20.1 Å². The lowest BCUT2D eigenvalue weighted by Crippen LogP contribution is -1.58. The van der Waals surface area contributed by atoms with Crippen molar-refractivity contribution in [3.8, 4) is 0 Å². The van der Waals surface area contributed by atoms with E-state index in [-0.39, 0.29) is 0 Å². The molecule has 9 heavy (non-hydrogen) atoms. The lowest BCUT2D eigenvalue weighted by molar-refractivity contribution is 1.15. The van der Waals surface area contributed by atoms with Gasteiger partial charge in [-0.2, -0.15) is 5.11 Å². The molecule has 0 aromatic carbocycles. The summed E-state index contributed by atoms with van der Waals surface area (Å²) < 4.78 is 0. The van der Waals surface area contributed by atoms with E-state index < -0.39 is 0 Å². The second kappa shape index (κ2) is 10.6. The van der Waals surface area contributed by atoms with E-state index in [4.69, 9.17) is 0 Å². The fourth-order valence-electron chi connectivity index (χ4n) is 0.152. The summed E-state index contributed by atoms with van der Waals surface area (Å²) in [6, 6.07) is 0. The van der Waals surface area contributed by atoms with Crippen LogP contribution in [0.15, 0.2) is 21.8 Å². The highest BCUT2D eigenvalue weighted by Gasteiger charge is 1.78. The van der Waals surface area contributed by atoms with E-state index in [0.717, 1.165) is 5.03 Å². The van der Waals surface area contributed by atoms with Gasteiger partial charge in [-0.25, -0.2) is 0 Å². The van der Waals surface area contributed by atoms with Crippen LogP contribution >= 0.6 is 11.8 Å². The van der Waals surface area contributed by atoms with Crippen LogP contribution in [-0.2, 0) is 0 Å². The van der Waals surface area contributed by atoms with Crippen LogP contribution in [-0.4, -0.2) is 13.3 Å². The Balaban J connectivity index is 0. The van der Waals surface area contributed by atoms with Gasteiger partial charge in [0.15, 0.2) is 0 Å². The van der Waals surface area contributed by atoms with Crippen LogP contribution in [0.5, 0.6) is 0 Å². The summed E-state index contributed by atoms with van der Waals surface area (Å²) in [7, 11) is 1.63. The van der Waals surface area contributed by atoms with Gasteiger partial charge < -0.3 is 0 Å². The predicted molar refractivity (Wildman–Crippen MR) is 44.8 cm³/mol. The van der Waals surface area contributed by atoms with Gasteiger partial charge in [0.2, 0.25) is 0 Å². The molecule has 2 nitrogen and oxygen atoms in total. The highest BCUT2D eigenvalue weighted by molar-refractivity contribution is 8.02. The molecule has 0 saturated carbocycles. The molecule has 0 unspecified atom stereocenters. The van der Waals surface area contributed by atoms with Crippen molar-refractivity contribution in [1.82, 2.24) is 0 Å². The largest absolute Gasteiger partial charge is 0.192 e. The highest BCUT2D eigenvalue weighted by atomic mass is 32.2. The third-order valence-electron chi connectivity index (χ3n) is 0.447. The summed E-state index contributed by atoms with van der Waals surface area (Å²) in [6.07, 6.45) is 1.91. The molecule has 0 atom stereocenters. The fourth-order valence-corrected chi connectivity index (χ4v) is 0.316. The summed E-state index contributed by atoms with van der Waals surface area (Å²) in [5.74, 6) is 0. The molecule has 54 valence electrons. The molecule has 3 heteroatoms. The summed E-state index contributed by atoms with van der Waals surface area (Å²) in [4.78, 5) is 0. The molecule has 0 fully saturated rings. The second-order valence-electron chi connectivity index (χ2n) is 0.898. The van der Waals surface area contributed by atoms with Crippen molar-refractivity contribution >= 4 is 11.8 Å². The summed E-state index contributed by atoms with van der Waals surface area (Å²) >= 11 is 1.49. The minimum absolute atomic E-state index is 0.752. The van der Waals surface area contributed by atoms with Crippen LogP contribution in [0, 0.1) is 0 Å². The molecule has 0 bridgehead atoms. The Morgan fingerprint density at radius 3 is 2.00 bits per heavy atom. The number of hydrogen-bond acceptors (Lipinski definition) is 3. The molecule has 0 aromatic heterocycles. The maximum Gasteiger partial charge on any atom is 0.111 e. The SMILES string of the molecule is C=C(N=NC)SC.CC. The first-order valence-electron chi connectivity index (χ1n) is 2.84. The van der Waals surface area contributed by atoms with Crippen LogP contribution in [0.25, 0.3) is 0 Å². The Hall–Kier alpha value is -0.310. The number of nitrogens with zero attached hydrogens (tertiary/aromatic N) is 2. The third-order valence-corrected chi connectivity index (χ3v) is 1.00. The summed E-state index contributed by atoms with van der Waals surface area (Å²) in [5, 5.41) is 7.90. The van der Waals surface area contributed by atoms with Gasteiger partial charge in [0.1, 0.15) is 5.03 Å². The van der Waals surface area contributed by atoms with Crippen molar-refractivity contribution in [3.63, 3.8) is 0 Å². The van der Waals surface area contributed by atoms with Gasteiger partial charge in [0.05, 0.1) is 0 Å². The van der Waals surface area contributed by atoms with Crippen molar-refractivity contribution in [1.29, 1.82) is 0 Å². The Morgan fingerprint density at radius 2 is 1.89 bits per heavy atom. The van der Waals surface area contributed by atoms with Crippen molar-refractivity contribution in [2.45, 2.75) is 13.8 Å². The topological polar surface area (TPSA) is 24.7 Å². The monoisotopic (exact) mass is 146 g/mol. The summed E-state index contributed by atoms with van der Waals surface area (Å²) in [6.45, 7) is 7.57. The van der Waals surface area contributed by atoms with E-state index in [9.17, 15) is 0 Å². The van der Waals surface area contributed by atoms with E-state index in [1.54, 1.807) is 7.05 Å². The van der Waals surface area contributed by atoms with Gasteiger partial charge in [-0.05, 0) is 6.26 Å². The summed E-state index contributed by atoms with van der Waals surface area (Å²) in [5.41, 5.74) is 0. The standard InChI is InChI=1S/C4H8N2S.C2H6/c1-4(7-3)6-5-2;1-2/h1H2,2-3H3;1-2H3. The maximum absolute atomic E-state index is 3.64. The first-order valence-corrected chi connectivity index (χ1v) is 4.06. The fraction of sp³-hybridized carbons (Fsp3) is 0.667. The van der Waals surface area contributed by atoms with Gasteiger partial charge in [-0.15, -0.1) is 16.9 Å². The van der Waals surface area contributed by atoms with Crippen LogP contribution in [0.4, 0.5) is 0 Å². The van der Waals surface area contributed by atoms with Crippen LogP contribution in [0.2, 0.25) is 0 Å². The molecule has 0 rings (SSSR count). The first kappa shape index (κ1) is 11.5. The van der Waals surface area contributed by atoms with Gasteiger partial charge in [0.25, 0.3) is 0 Å². The zero-order valence-electron chi connectivity index (χ0n) is 6.51. The van der Waals surface area contributed by atoms with Crippen molar-refractivity contribution < 1.29 is 0 Å². The minimum atomic E-state index is 0.752. The van der Waals surface area contributed by atoms with Crippen molar-refractivity contribution in [3.05, 3.63) is 11.6 Å². The lowest BCUT2D eigenvalue weighted by atomic mass is 11.0. The molecule has 0 amide bonds. The van der Waals surface area contributed by atoms with Gasteiger partial charge >= 0.3 is 0 Å². The molecule has 0 heterocycles. The lowest BCUT2D eigenvalue weighted by Gasteiger charge is -1.83. The van der Waals surface area contributed by atoms with Crippen LogP contribution in [0.1, 0.15) is 13.8 Å². The molecule has 0 saturated heterocycles. The Kier molecular flexibility index (Phi) is 13.6. The van der Waals surface area contributed by atoms with E-state index in [1.165, 1.54) is 11.8 Å². The average molecular weight is 146 g/mol. The molecular weight excluding hydrogens is 132 g/mol. The molecule has 0 radical (unpaired) electrons. The molecule has 0 aliphatic heterocycles. The van der Waals surface area contributed by atoms with E-state index >= 15 is 0 Å². The zero-order valence-corrected chi connectivity index (χ0v) is 7.33. The number of azo groups is 1. The van der Waals surface area contributed by atoms with Crippen LogP contribution < -0.4 is 0 Å². The van der Waals surface area contributed by atoms with Gasteiger partial charge in [-0.3, -0.25) is 0 Å². The van der Waals surface area contributed by atoms with E-state index in [2.05, 4.69) is 16.8 Å². The predicted octanol–water partition coefficient (Wildman–Crippen LogP) is 2.93. The number of hydrogen-bond donors (Lipinski definition) is 0. The van der Waals surface area contributed by atoms with E-state index in [0.29, 0.717) is 0 Å². The Morgan fingerprint density at radius 1 is 1.44 bits per heavy atom. The normalized spacial score (nSPS) is 8.44. The van der Waals surface area contributed by atoms with Gasteiger partial charge in [0, 0.05) is 7.05 Å². The Bertz CT molecular complexity index is 89.1. The molecule has 0 aliphatic carbocycles. The molecule has 0 spiro atoms. The minimum Gasteiger partial charge on any atom is -0.192 e. The molecule has 0 N–H and O–H groups in total. The number of rotatable bonds is 2. The Labute approximate surface area is 61.5 Å². The average Bonchev–Trinajstić information content (AvgIpc) is 1.93. The number of thioether (sulfide) groups is 1. The molecule has 0 aromatic rings. The molecular formula is C6H14N2S. The highest BCUT2D eigenvalue weighted by Crippen LogP contribution is 2.08. The molecule has 0 aliphatic rings. The van der Waals surface area contributed by atoms with Crippen LogP contribution in [0.3, 0.4) is 0 Å². The maximum atomic E-state index is 3.64. The third kappa shape index (κ3) is 11.3. The zero-order chi connectivity index (χ0) is 7.70. The smallest absolute Gasteiger partial charge is 0.111 e.